The second-order valence-corrected chi connectivity index (χ2v) is 7.07. The number of urea groups is 1. The average Bonchev–Trinajstić information content (AvgIpc) is 2.74. The van der Waals surface area contributed by atoms with Gasteiger partial charge in [-0.15, -0.1) is 0 Å². The van der Waals surface area contributed by atoms with Crippen LogP contribution in [0.1, 0.15) is 25.7 Å². The van der Waals surface area contributed by atoms with Crippen LogP contribution in [0.4, 0.5) is 4.79 Å². The van der Waals surface area contributed by atoms with Gasteiger partial charge in [0.05, 0.1) is 0 Å². The van der Waals surface area contributed by atoms with Crippen molar-refractivity contribution in [2.75, 3.05) is 26.2 Å². The van der Waals surface area contributed by atoms with Gasteiger partial charge in [-0.05, 0) is 12.8 Å². The van der Waals surface area contributed by atoms with Crippen LogP contribution in [0.5, 0.6) is 0 Å². The molecule has 0 atom stereocenters. The van der Waals surface area contributed by atoms with Gasteiger partial charge in [-0.3, -0.25) is 14.5 Å². The van der Waals surface area contributed by atoms with Crippen LogP contribution in [0.25, 0.3) is 0 Å². The molecule has 0 aromatic rings. The molecule has 0 aromatic heterocycles. The van der Waals surface area contributed by atoms with Gasteiger partial charge in [-0.25, -0.2) is 4.79 Å². The van der Waals surface area contributed by atoms with Gasteiger partial charge in [0.1, 0.15) is 0 Å². The Kier molecular flexibility index (Phi) is 6.01. The molecule has 0 unspecified atom stereocenters. The van der Waals surface area contributed by atoms with Crippen LogP contribution in [-0.4, -0.2) is 57.7 Å². The monoisotopic (exact) mass is 405 g/mol. The molecule has 2 aliphatic heterocycles. The first-order chi connectivity index (χ1) is 10.1. The van der Waals surface area contributed by atoms with Crippen molar-refractivity contribution in [2.24, 2.45) is 0 Å². The zero-order chi connectivity index (χ0) is 15.2. The van der Waals surface area contributed by atoms with Gasteiger partial charge in [0.15, 0.2) is 0 Å². The molecule has 2 rings (SSSR count). The smallest absolute Gasteiger partial charge is 0.317 e. The first-order valence-corrected chi connectivity index (χ1v) is 8.53. The number of hydrogen-bond donors (Lipinski definition) is 1. The average molecular weight is 405 g/mol. The number of likely N-dealkylation sites (tertiary alicyclic amines) is 1. The molecule has 6 nitrogen and oxygen atoms in total. The Morgan fingerprint density at radius 1 is 1.14 bits per heavy atom. The molecule has 21 heavy (non-hydrogen) atoms. The second kappa shape index (κ2) is 7.77. The van der Waals surface area contributed by atoms with Crippen molar-refractivity contribution in [3.8, 4) is 0 Å². The van der Waals surface area contributed by atoms with Crippen molar-refractivity contribution >= 4 is 40.4 Å². The minimum absolute atomic E-state index is 0.0299. The standard InChI is InChI=1S/C14H20IN3O3/c15-11-9-17(10-11)14(21)16-7-3-1-2-4-8-18-12(19)5-6-13(18)20/h5-6,11H,1-4,7-10H2,(H,16,21). The van der Waals surface area contributed by atoms with Gasteiger partial charge >= 0.3 is 6.03 Å². The van der Waals surface area contributed by atoms with Crippen LogP contribution < -0.4 is 5.32 Å². The minimum Gasteiger partial charge on any atom is -0.338 e. The lowest BCUT2D eigenvalue weighted by molar-refractivity contribution is -0.136. The molecule has 0 bridgehead atoms. The van der Waals surface area contributed by atoms with Crippen LogP contribution in [0.15, 0.2) is 12.2 Å². The normalized spacial score (nSPS) is 18.3. The number of carbonyl (C=O) groups is 3. The number of unbranched alkanes of at least 4 members (excludes halogenated alkanes) is 3. The zero-order valence-electron chi connectivity index (χ0n) is 11.9. The van der Waals surface area contributed by atoms with E-state index in [1.165, 1.54) is 17.1 Å². The molecular weight excluding hydrogens is 385 g/mol. The summed E-state index contributed by atoms with van der Waals surface area (Å²) < 4.78 is 0.596. The van der Waals surface area contributed by atoms with Crippen LogP contribution in [0.3, 0.4) is 0 Å². The maximum atomic E-state index is 11.6. The number of nitrogens with zero attached hydrogens (tertiary/aromatic N) is 2. The number of alkyl halides is 1. The Labute approximate surface area is 138 Å². The van der Waals surface area contributed by atoms with E-state index in [9.17, 15) is 14.4 Å². The van der Waals surface area contributed by atoms with Crippen LogP contribution in [0, 0.1) is 0 Å². The number of nitrogens with one attached hydrogen (secondary N) is 1. The molecule has 1 fully saturated rings. The molecule has 0 aromatic carbocycles. The Balaban J connectivity index is 1.44. The number of amides is 4. The third-order valence-electron chi connectivity index (χ3n) is 3.61. The van der Waals surface area contributed by atoms with Gasteiger partial charge in [0, 0.05) is 42.3 Å². The van der Waals surface area contributed by atoms with Gasteiger partial charge in [0.25, 0.3) is 11.8 Å². The lowest BCUT2D eigenvalue weighted by Gasteiger charge is -2.35. The van der Waals surface area contributed by atoms with Crippen LogP contribution in [-0.2, 0) is 9.59 Å². The number of halogens is 1. The molecule has 4 amide bonds. The molecule has 2 aliphatic rings. The van der Waals surface area contributed by atoms with E-state index in [-0.39, 0.29) is 17.8 Å². The first-order valence-electron chi connectivity index (χ1n) is 7.28. The summed E-state index contributed by atoms with van der Waals surface area (Å²) >= 11 is 2.34. The summed E-state index contributed by atoms with van der Waals surface area (Å²) in [5, 5.41) is 2.91. The molecule has 0 spiro atoms. The van der Waals surface area contributed by atoms with Gasteiger partial charge in [0.2, 0.25) is 0 Å². The van der Waals surface area contributed by atoms with E-state index in [2.05, 4.69) is 27.9 Å². The summed E-state index contributed by atoms with van der Waals surface area (Å²) in [6.07, 6.45) is 6.30. The van der Waals surface area contributed by atoms with Crippen molar-refractivity contribution in [3.63, 3.8) is 0 Å². The van der Waals surface area contributed by atoms with Crippen molar-refractivity contribution in [1.82, 2.24) is 15.1 Å². The Morgan fingerprint density at radius 3 is 2.38 bits per heavy atom. The van der Waals surface area contributed by atoms with Crippen LogP contribution >= 0.6 is 22.6 Å². The van der Waals surface area contributed by atoms with E-state index < -0.39 is 0 Å². The second-order valence-electron chi connectivity index (χ2n) is 5.31. The quantitative estimate of drug-likeness (QED) is 0.301. The number of rotatable bonds is 7. The third-order valence-corrected chi connectivity index (χ3v) is 4.40. The van der Waals surface area contributed by atoms with Crippen LogP contribution in [0.2, 0.25) is 0 Å². The molecule has 0 radical (unpaired) electrons. The van der Waals surface area contributed by atoms with E-state index in [0.29, 0.717) is 17.0 Å². The largest absolute Gasteiger partial charge is 0.338 e. The van der Waals surface area contributed by atoms with Crippen molar-refractivity contribution < 1.29 is 14.4 Å². The molecule has 1 N–H and O–H groups in total. The lowest BCUT2D eigenvalue weighted by atomic mass is 10.2. The predicted molar refractivity (Wildman–Crippen MR) is 87.1 cm³/mol. The Morgan fingerprint density at radius 2 is 1.76 bits per heavy atom. The highest BCUT2D eigenvalue weighted by Crippen LogP contribution is 2.15. The summed E-state index contributed by atoms with van der Waals surface area (Å²) in [6, 6.07) is 0.0299. The molecular formula is C14H20IN3O3. The van der Waals surface area contributed by atoms with Crippen molar-refractivity contribution in [3.05, 3.63) is 12.2 Å². The molecule has 0 aliphatic carbocycles. The van der Waals surface area contributed by atoms with E-state index in [0.717, 1.165) is 38.8 Å². The summed E-state index contributed by atoms with van der Waals surface area (Å²) in [7, 11) is 0. The summed E-state index contributed by atoms with van der Waals surface area (Å²) in [5.41, 5.74) is 0. The van der Waals surface area contributed by atoms with E-state index >= 15 is 0 Å². The number of hydrogen-bond acceptors (Lipinski definition) is 3. The minimum atomic E-state index is -0.213. The molecule has 116 valence electrons. The molecule has 2 heterocycles. The Hall–Kier alpha value is -1.12. The maximum absolute atomic E-state index is 11.6. The van der Waals surface area contributed by atoms with Gasteiger partial charge < -0.3 is 10.2 Å². The van der Waals surface area contributed by atoms with E-state index in [4.69, 9.17) is 0 Å². The van der Waals surface area contributed by atoms with E-state index in [1.54, 1.807) is 0 Å². The fourth-order valence-electron chi connectivity index (χ4n) is 2.30. The van der Waals surface area contributed by atoms with Gasteiger partial charge in [-0.1, -0.05) is 35.4 Å². The predicted octanol–water partition coefficient (Wildman–Crippen LogP) is 1.30. The molecule has 0 saturated carbocycles. The Bertz CT molecular complexity index is 429. The van der Waals surface area contributed by atoms with E-state index in [1.807, 2.05) is 4.90 Å². The lowest BCUT2D eigenvalue weighted by Crippen LogP contribution is -2.54. The summed E-state index contributed by atoms with van der Waals surface area (Å²) in [6.45, 7) is 2.86. The SMILES string of the molecule is O=C(NCCCCCCN1C(=O)C=CC1=O)N1CC(I)C1. The summed E-state index contributed by atoms with van der Waals surface area (Å²) in [4.78, 5) is 37.3. The van der Waals surface area contributed by atoms with Crippen molar-refractivity contribution in [1.29, 1.82) is 0 Å². The zero-order valence-corrected chi connectivity index (χ0v) is 14.0. The maximum Gasteiger partial charge on any atom is 0.317 e. The molecule has 1 saturated heterocycles. The summed E-state index contributed by atoms with van der Waals surface area (Å²) in [5.74, 6) is -0.425. The highest BCUT2D eigenvalue weighted by Gasteiger charge is 2.27. The number of imide groups is 1. The number of carbonyl (C=O) groups excluding carboxylic acids is 3. The fourth-order valence-corrected chi connectivity index (χ4v) is 3.25. The first kappa shape index (κ1) is 16.3. The molecule has 7 heteroatoms. The highest BCUT2D eigenvalue weighted by atomic mass is 127. The third kappa shape index (κ3) is 4.69. The topological polar surface area (TPSA) is 69.7 Å². The fraction of sp³-hybridized carbons (Fsp3) is 0.643. The van der Waals surface area contributed by atoms with Crippen molar-refractivity contribution in [2.45, 2.75) is 29.6 Å². The van der Waals surface area contributed by atoms with Gasteiger partial charge in [-0.2, -0.15) is 0 Å². The highest BCUT2D eigenvalue weighted by molar-refractivity contribution is 14.1.